The molecule has 0 fully saturated rings. The maximum Gasteiger partial charge on any atom is 0.334 e. The molecular weight excluding hydrogens is 284 g/mol. The molecule has 0 aliphatic rings. The van der Waals surface area contributed by atoms with Gasteiger partial charge in [0.05, 0.1) is 32.0 Å². The van der Waals surface area contributed by atoms with Gasteiger partial charge in [-0.05, 0) is 18.4 Å². The third kappa shape index (κ3) is 5.70. The van der Waals surface area contributed by atoms with Crippen LogP contribution in [0, 0.1) is 0 Å². The summed E-state index contributed by atoms with van der Waals surface area (Å²) in [7, 11) is 0. The Balaban J connectivity index is 5.50. The van der Waals surface area contributed by atoms with Gasteiger partial charge in [-0.25, -0.2) is 9.68 Å². The molecule has 0 aromatic rings. The van der Waals surface area contributed by atoms with Crippen LogP contribution in [0.25, 0.3) is 0 Å². The number of aliphatic hydroxyl groups is 3. The monoisotopic (exact) mass is 308 g/mol. The molecule has 0 aromatic carbocycles. The van der Waals surface area contributed by atoms with Crippen LogP contribution in [0.3, 0.4) is 0 Å². The van der Waals surface area contributed by atoms with Crippen LogP contribution >= 0.6 is 0 Å². The van der Waals surface area contributed by atoms with Gasteiger partial charge in [-0.3, -0.25) is 0 Å². The summed E-state index contributed by atoms with van der Waals surface area (Å²) in [5.74, 6) is -1.42. The molecule has 4 N–H and O–H groups in total. The second-order valence-electron chi connectivity index (χ2n) is 4.48. The van der Waals surface area contributed by atoms with Crippen molar-refractivity contribution in [2.45, 2.75) is 38.7 Å². The minimum absolute atomic E-state index is 0.101. The number of carboxylic acids is 1. The lowest BCUT2D eigenvalue weighted by Gasteiger charge is -2.31. The maximum absolute atomic E-state index is 11.5. The summed E-state index contributed by atoms with van der Waals surface area (Å²) in [5, 5.41) is 41.9. The van der Waals surface area contributed by atoms with E-state index in [0.29, 0.717) is 12.8 Å². The van der Waals surface area contributed by atoms with Crippen LogP contribution in [0.1, 0.15) is 33.1 Å². The lowest BCUT2D eigenvalue weighted by atomic mass is 9.86. The van der Waals surface area contributed by atoms with Crippen LogP contribution < -0.4 is 0 Å². The van der Waals surface area contributed by atoms with E-state index >= 15 is 0 Å². The van der Waals surface area contributed by atoms with Gasteiger partial charge in [0.25, 0.3) is 0 Å². The fourth-order valence-electron chi connectivity index (χ4n) is 1.88. The number of aliphatic hydroxyl groups excluding tert-OH is 3. The van der Waals surface area contributed by atoms with Crippen molar-refractivity contribution >= 4 is 5.97 Å². The third-order valence-electron chi connectivity index (χ3n) is 2.84. The van der Waals surface area contributed by atoms with Gasteiger partial charge in [-0.2, -0.15) is 4.89 Å². The second kappa shape index (κ2) is 10.7. The topological polar surface area (TPSA) is 126 Å². The summed E-state index contributed by atoms with van der Waals surface area (Å²) >= 11 is 0. The molecule has 1 atom stereocenters. The van der Waals surface area contributed by atoms with Crippen molar-refractivity contribution in [1.29, 1.82) is 0 Å². The Kier molecular flexibility index (Phi) is 10.1. The van der Waals surface area contributed by atoms with Crippen LogP contribution in [-0.2, 0) is 19.6 Å². The minimum Gasteiger partial charge on any atom is -0.478 e. The zero-order valence-electron chi connectivity index (χ0n) is 12.4. The van der Waals surface area contributed by atoms with Gasteiger partial charge in [-0.15, -0.1) is 0 Å². The van der Waals surface area contributed by atoms with Crippen LogP contribution in [0.4, 0.5) is 0 Å². The normalized spacial score (nSPS) is 13.8. The first-order chi connectivity index (χ1) is 10.0. The van der Waals surface area contributed by atoms with Crippen molar-refractivity contribution in [3.05, 3.63) is 11.1 Å². The molecule has 0 saturated carbocycles. The molecule has 0 spiro atoms. The van der Waals surface area contributed by atoms with E-state index in [4.69, 9.17) is 4.89 Å². The molecule has 0 aromatic heterocycles. The molecule has 0 bridgehead atoms. The Bertz CT molecular complexity index is 335. The Labute approximate surface area is 123 Å². The molecule has 0 aliphatic carbocycles. The van der Waals surface area contributed by atoms with E-state index in [2.05, 4.69) is 9.93 Å². The largest absolute Gasteiger partial charge is 0.478 e. The summed E-state index contributed by atoms with van der Waals surface area (Å²) in [4.78, 5) is 21.1. The van der Waals surface area contributed by atoms with Crippen molar-refractivity contribution in [3.63, 3.8) is 0 Å². The predicted octanol–water partition coefficient (Wildman–Crippen LogP) is 0.173. The minimum atomic E-state index is -1.73. The van der Waals surface area contributed by atoms with E-state index in [0.717, 1.165) is 0 Å². The fourth-order valence-corrected chi connectivity index (χ4v) is 1.88. The van der Waals surface area contributed by atoms with E-state index in [1.807, 2.05) is 6.92 Å². The van der Waals surface area contributed by atoms with Crippen LogP contribution in [0.5, 0.6) is 0 Å². The zero-order chi connectivity index (χ0) is 16.3. The van der Waals surface area contributed by atoms with Gasteiger partial charge in [0.2, 0.25) is 0 Å². The molecule has 8 nitrogen and oxygen atoms in total. The average molecular weight is 308 g/mol. The van der Waals surface area contributed by atoms with Gasteiger partial charge >= 0.3 is 5.97 Å². The molecule has 21 heavy (non-hydrogen) atoms. The molecular formula is C13H24O8. The Morgan fingerprint density at radius 1 is 1.10 bits per heavy atom. The van der Waals surface area contributed by atoms with Gasteiger partial charge in [0.15, 0.2) is 5.60 Å². The maximum atomic E-state index is 11.5. The second-order valence-corrected chi connectivity index (χ2v) is 4.48. The average Bonchev–Trinajstić information content (AvgIpc) is 2.48. The molecule has 1 unspecified atom stereocenters. The van der Waals surface area contributed by atoms with E-state index in [1.165, 1.54) is 0 Å². The molecule has 0 heterocycles. The number of carboxylic acid groups (broad SMARTS) is 1. The number of hydrogen-bond donors (Lipinski definition) is 4. The van der Waals surface area contributed by atoms with Crippen molar-refractivity contribution in [1.82, 2.24) is 0 Å². The molecule has 0 radical (unpaired) electrons. The van der Waals surface area contributed by atoms with Crippen LogP contribution in [0.15, 0.2) is 11.1 Å². The summed E-state index contributed by atoms with van der Waals surface area (Å²) < 4.78 is 0. The van der Waals surface area contributed by atoms with Crippen molar-refractivity contribution in [2.24, 2.45) is 0 Å². The zero-order valence-corrected chi connectivity index (χ0v) is 12.4. The highest BCUT2D eigenvalue weighted by Crippen LogP contribution is 2.30. The van der Waals surface area contributed by atoms with E-state index in [1.54, 1.807) is 6.92 Å². The molecule has 124 valence electrons. The van der Waals surface area contributed by atoms with Crippen molar-refractivity contribution in [2.75, 3.05) is 26.4 Å². The third-order valence-corrected chi connectivity index (χ3v) is 2.84. The number of hydrogen-bond acceptors (Lipinski definition) is 7. The van der Waals surface area contributed by atoms with Crippen molar-refractivity contribution in [3.8, 4) is 0 Å². The predicted molar refractivity (Wildman–Crippen MR) is 72.0 cm³/mol. The highest BCUT2D eigenvalue weighted by Gasteiger charge is 2.42. The van der Waals surface area contributed by atoms with E-state index in [-0.39, 0.29) is 18.6 Å². The lowest BCUT2D eigenvalue weighted by Crippen LogP contribution is -2.43. The summed E-state index contributed by atoms with van der Waals surface area (Å²) in [6.07, 6.45) is 1.23. The van der Waals surface area contributed by atoms with Gasteiger partial charge < -0.3 is 20.4 Å². The standard InChI is InChI=1S/C13H24O8/c1-3-5-13(9-16,20-21-19-6-4-2)11(12(17)18)10(7-14)8-15/h14-16H,3-9H2,1-2H3,(H,17,18). The summed E-state index contributed by atoms with van der Waals surface area (Å²) in [6.45, 7) is 1.77. The first-order valence-corrected chi connectivity index (χ1v) is 6.78. The molecule has 0 aliphatic heterocycles. The quantitative estimate of drug-likeness (QED) is 0.174. The number of rotatable bonds is 12. The van der Waals surface area contributed by atoms with E-state index in [9.17, 15) is 25.2 Å². The molecule has 0 saturated heterocycles. The molecule has 0 rings (SSSR count). The summed E-state index contributed by atoms with van der Waals surface area (Å²) in [5.41, 5.74) is -2.32. The molecule has 0 amide bonds. The van der Waals surface area contributed by atoms with Gasteiger partial charge in [0, 0.05) is 0 Å². The van der Waals surface area contributed by atoms with Crippen molar-refractivity contribution < 1.29 is 40.0 Å². The highest BCUT2D eigenvalue weighted by molar-refractivity contribution is 5.90. The Hall–Kier alpha value is -1.03. The highest BCUT2D eigenvalue weighted by atomic mass is 17.5. The smallest absolute Gasteiger partial charge is 0.334 e. The number of carbonyl (C=O) groups is 1. The Morgan fingerprint density at radius 2 is 1.71 bits per heavy atom. The SMILES string of the molecule is CCCOOOC(CO)(CCC)C(C(=O)O)=C(CO)CO. The van der Waals surface area contributed by atoms with E-state index < -0.39 is 37.0 Å². The van der Waals surface area contributed by atoms with Crippen LogP contribution in [0.2, 0.25) is 0 Å². The van der Waals surface area contributed by atoms with Crippen LogP contribution in [-0.4, -0.2) is 58.4 Å². The Morgan fingerprint density at radius 3 is 2.10 bits per heavy atom. The first-order valence-electron chi connectivity index (χ1n) is 6.78. The molecule has 8 heteroatoms. The number of aliphatic carboxylic acids is 1. The first kappa shape index (κ1) is 20.0. The van der Waals surface area contributed by atoms with Gasteiger partial charge in [-0.1, -0.05) is 25.3 Å². The van der Waals surface area contributed by atoms with Gasteiger partial charge in [0.1, 0.15) is 0 Å². The lowest BCUT2D eigenvalue weighted by molar-refractivity contribution is -0.541. The summed E-state index contributed by atoms with van der Waals surface area (Å²) in [6, 6.07) is 0. The fraction of sp³-hybridized carbons (Fsp3) is 0.769.